The third-order valence-corrected chi connectivity index (χ3v) is 5.25. The Labute approximate surface area is 205 Å². The van der Waals surface area contributed by atoms with Crippen LogP contribution in [0.4, 0.5) is 0 Å². The predicted molar refractivity (Wildman–Crippen MR) is 106 cm³/mol. The van der Waals surface area contributed by atoms with Crippen LogP contribution in [0.15, 0.2) is 11.3 Å². The molecule has 0 aromatic heterocycles. The first-order valence-electron chi connectivity index (χ1n) is 8.80. The van der Waals surface area contributed by atoms with Crippen molar-refractivity contribution in [3.8, 4) is 0 Å². The number of amides is 1. The Kier molecular flexibility index (Phi) is 12.2. The van der Waals surface area contributed by atoms with Gasteiger partial charge in [-0.1, -0.05) is 5.78 Å². The maximum atomic E-state index is 12.0. The molecule has 169 valence electrons. The van der Waals surface area contributed by atoms with E-state index in [0.717, 1.165) is 0 Å². The van der Waals surface area contributed by atoms with Crippen LogP contribution in [-0.4, -0.2) is 51.0 Å². The van der Waals surface area contributed by atoms with E-state index in [0.29, 0.717) is 11.3 Å². The summed E-state index contributed by atoms with van der Waals surface area (Å²) in [7, 11) is 0. The minimum atomic E-state index is -1.34. The van der Waals surface area contributed by atoms with Crippen molar-refractivity contribution >= 4 is 35.4 Å². The van der Waals surface area contributed by atoms with E-state index >= 15 is 0 Å². The number of carboxylic acid groups (broad SMARTS) is 2. The van der Waals surface area contributed by atoms with Crippen molar-refractivity contribution in [1.29, 1.82) is 0 Å². The van der Waals surface area contributed by atoms with Gasteiger partial charge in [0.05, 0.1) is 0 Å². The Morgan fingerprint density at radius 2 is 1.81 bits per heavy atom. The van der Waals surface area contributed by atoms with Crippen molar-refractivity contribution in [2.24, 2.45) is 0 Å². The van der Waals surface area contributed by atoms with E-state index in [1.54, 1.807) is 6.92 Å². The molecule has 9 radical (unpaired) electrons. The second-order valence-corrected chi connectivity index (χ2v) is 7.27. The van der Waals surface area contributed by atoms with Gasteiger partial charge in [0, 0.05) is 31.7 Å². The number of carbonyl (C=O) groups excluding carboxylic acids is 2. The van der Waals surface area contributed by atoms with E-state index in [9.17, 15) is 24.3 Å². The van der Waals surface area contributed by atoms with Crippen LogP contribution in [0.1, 0.15) is 19.8 Å². The fourth-order valence-corrected chi connectivity index (χ4v) is 3.55. The molecule has 0 spiro atoms. The zero-order valence-electron chi connectivity index (χ0n) is 16.6. The van der Waals surface area contributed by atoms with Gasteiger partial charge in [0.15, 0.2) is 6.04 Å². The van der Waals surface area contributed by atoms with E-state index in [1.807, 2.05) is 0 Å². The average Bonchev–Trinajstić information content (AvgIpc) is 3.47. The van der Waals surface area contributed by atoms with Gasteiger partial charge >= 0.3 is 11.9 Å². The topological polar surface area (TPSA) is 133 Å². The molecule has 8 nitrogen and oxygen atoms in total. The third kappa shape index (κ3) is 8.75. The number of ketones is 1. The summed E-state index contributed by atoms with van der Waals surface area (Å²) in [5.41, 5.74) is 0.509. The first kappa shape index (κ1) is 27.8. The molecule has 1 fully saturated rings. The molecule has 4 N–H and O–H groups in total. The Morgan fingerprint density at radius 3 is 2.31 bits per heavy atom. The van der Waals surface area contributed by atoms with Gasteiger partial charge in [0.1, 0.15) is 11.1 Å². The Balaban J connectivity index is 0.000000750. The molecule has 0 aromatic rings. The molecule has 10 heteroatoms. The number of Topliss-reactive ketones (excluding diaryl/α,β-unsaturated/α-hetero) is 1. The molecule has 32 heavy (non-hydrogen) atoms. The average molecular weight is 537 g/mol. The van der Waals surface area contributed by atoms with Gasteiger partial charge in [-0.15, -0.1) is 11.8 Å². The molecule has 0 saturated heterocycles. The maximum absolute atomic E-state index is 12.0. The standard InChI is InChI=1S/C17H15N2O6S.C5.Ru/c1-9-8-26-15(19-13(9)16(22)23)14(17(24)25)18-12(21)7-6-11(20)10-4-2-3-5-10;1-2-4-5-3-1;/h14-15,19H,6-8H2,1H3,(H,18,21)(H,22,23)(H,24,25);;/q-5;-1;/t14-,15+;;/m0../s1. The molecule has 0 unspecified atom stereocenters. The molecule has 3 aliphatic rings. The van der Waals surface area contributed by atoms with Gasteiger partial charge in [-0.3, -0.25) is 4.79 Å². The molecule has 2 aliphatic carbocycles. The number of aliphatic carboxylic acids is 2. The largest absolute Gasteiger partial charge is 0.997 e. The van der Waals surface area contributed by atoms with Crippen LogP contribution in [0.2, 0.25) is 0 Å². The molecule has 0 bridgehead atoms. The van der Waals surface area contributed by atoms with Crippen molar-refractivity contribution < 1.29 is 48.9 Å². The molecule has 1 aliphatic heterocycles. The van der Waals surface area contributed by atoms with Crippen LogP contribution in [0.25, 0.3) is 0 Å². The number of carboxylic acids is 2. The summed E-state index contributed by atoms with van der Waals surface area (Å²) >= 11 is 1.18. The predicted octanol–water partition coefficient (Wildman–Crippen LogP) is 0.243. The summed E-state index contributed by atoms with van der Waals surface area (Å²) in [6.07, 6.45) is 22.0. The summed E-state index contributed by atoms with van der Waals surface area (Å²) in [6, 6.07) is -1.34. The van der Waals surface area contributed by atoms with Crippen LogP contribution in [0.3, 0.4) is 0 Å². The number of thioether (sulfide) groups is 1. The Hall–Kier alpha value is -2.19. The molecule has 0 aromatic carbocycles. The maximum Gasteiger partial charge on any atom is 0.351 e. The van der Waals surface area contributed by atoms with Gasteiger partial charge < -0.3 is 57.2 Å². The minimum absolute atomic E-state index is 0. The van der Waals surface area contributed by atoms with E-state index in [-0.39, 0.29) is 49.7 Å². The summed E-state index contributed by atoms with van der Waals surface area (Å²) < 4.78 is 0. The summed E-state index contributed by atoms with van der Waals surface area (Å²) in [5, 5.41) is 22.7. The number of nitrogens with one attached hydrogen (secondary N) is 2. The van der Waals surface area contributed by atoms with Crippen molar-refractivity contribution in [1.82, 2.24) is 10.6 Å². The summed E-state index contributed by atoms with van der Waals surface area (Å²) in [4.78, 5) is 46.5. The minimum Gasteiger partial charge on any atom is -0.997 e. The van der Waals surface area contributed by atoms with Crippen molar-refractivity contribution in [3.05, 3.63) is 73.6 Å². The SMILES string of the molecule is CC1=C(C(=O)O)N[C@@H]([C@H](NC(=O)CCC(=O)[C-]2[C-][C-][C-][C-]2)C(=O)O)SC1.[C]1=[C][C-][C]=[C]1.[Ru]. The van der Waals surface area contributed by atoms with Crippen LogP contribution in [0, 0.1) is 62.3 Å². The number of carbonyl (C=O) groups is 4. The molecule has 1 saturated carbocycles. The Morgan fingerprint density at radius 1 is 1.19 bits per heavy atom. The normalized spacial score (nSPS) is 19.7. The fraction of sp³-hybridized carbons (Fsp3) is 0.273. The monoisotopic (exact) mass is 537 g/mol. The number of allylic oxidation sites excluding steroid dienone is 4. The molecule has 1 heterocycles. The van der Waals surface area contributed by atoms with Gasteiger partial charge in [-0.05, 0) is 18.9 Å². The second kappa shape index (κ2) is 14.1. The van der Waals surface area contributed by atoms with Gasteiger partial charge in [-0.2, -0.15) is 18.6 Å². The number of hydrogen-bond donors (Lipinski definition) is 4. The van der Waals surface area contributed by atoms with E-state index < -0.39 is 29.3 Å². The van der Waals surface area contributed by atoms with Crippen LogP contribution >= 0.6 is 11.8 Å². The Bertz CT molecular complexity index is 779. The van der Waals surface area contributed by atoms with E-state index in [4.69, 9.17) is 5.11 Å². The van der Waals surface area contributed by atoms with Crippen LogP contribution in [-0.2, 0) is 38.7 Å². The smallest absolute Gasteiger partial charge is 0.351 e. The zero-order chi connectivity index (χ0) is 22.8. The van der Waals surface area contributed by atoms with E-state index in [1.165, 1.54) is 11.8 Å². The van der Waals surface area contributed by atoms with Crippen LogP contribution < -0.4 is 10.6 Å². The van der Waals surface area contributed by atoms with Crippen molar-refractivity contribution in [2.75, 3.05) is 5.75 Å². The molecule has 1 amide bonds. The summed E-state index contributed by atoms with van der Waals surface area (Å²) in [6.45, 7) is 1.63. The molecular weight excluding hydrogens is 521 g/mol. The third-order valence-electron chi connectivity index (χ3n) is 3.90. The number of rotatable bonds is 8. The van der Waals surface area contributed by atoms with E-state index in [2.05, 4.69) is 67.0 Å². The van der Waals surface area contributed by atoms with Crippen molar-refractivity contribution in [3.63, 3.8) is 0 Å². The molecule has 3 rings (SSSR count). The number of hydrogen-bond acceptors (Lipinski definition) is 6. The zero-order valence-corrected chi connectivity index (χ0v) is 19.1. The fourth-order valence-electron chi connectivity index (χ4n) is 2.40. The first-order valence-corrected chi connectivity index (χ1v) is 9.85. The first-order chi connectivity index (χ1) is 14.8. The summed E-state index contributed by atoms with van der Waals surface area (Å²) in [5.74, 6) is -3.03. The van der Waals surface area contributed by atoms with Gasteiger partial charge in [0.2, 0.25) is 5.91 Å². The molecule has 2 atom stereocenters. The molecular formula is C22H15N2O6RuS-6. The van der Waals surface area contributed by atoms with Crippen LogP contribution in [0.5, 0.6) is 0 Å². The quantitative estimate of drug-likeness (QED) is 0.256. The second-order valence-electron chi connectivity index (χ2n) is 6.14. The van der Waals surface area contributed by atoms with Gasteiger partial charge in [0.25, 0.3) is 0 Å². The van der Waals surface area contributed by atoms with Gasteiger partial charge in [-0.25, -0.2) is 21.7 Å². The van der Waals surface area contributed by atoms with Crippen molar-refractivity contribution in [2.45, 2.75) is 31.2 Å².